The molecule has 0 unspecified atom stereocenters. The van der Waals surface area contributed by atoms with E-state index in [2.05, 4.69) is 15.2 Å². The van der Waals surface area contributed by atoms with Gasteiger partial charge in [0.2, 0.25) is 0 Å². The van der Waals surface area contributed by atoms with E-state index in [1.807, 2.05) is 33.9 Å². The first kappa shape index (κ1) is 19.0. The quantitative estimate of drug-likeness (QED) is 0.795. The number of amides is 2. The molecule has 1 fully saturated rings. The summed E-state index contributed by atoms with van der Waals surface area (Å²) in [6.07, 6.45) is 5.37. The third-order valence-corrected chi connectivity index (χ3v) is 4.75. The number of piperazine rings is 1. The van der Waals surface area contributed by atoms with Gasteiger partial charge in [0.15, 0.2) is 0 Å². The minimum atomic E-state index is -0.00581. The van der Waals surface area contributed by atoms with Crippen LogP contribution in [0.5, 0.6) is 11.5 Å². The number of carbonyl (C=O) groups excluding carboxylic acids is 1. The fraction of sp³-hybridized carbons (Fsp3) is 0.474. The second kappa shape index (κ2) is 9.27. The summed E-state index contributed by atoms with van der Waals surface area (Å²) in [6.45, 7) is 5.17. The molecule has 8 nitrogen and oxygen atoms in total. The minimum Gasteiger partial charge on any atom is -0.497 e. The Hall–Kier alpha value is -2.74. The number of ether oxygens (including phenoxy) is 2. The summed E-state index contributed by atoms with van der Waals surface area (Å²) in [5.74, 6) is 1.68. The molecule has 0 atom stereocenters. The van der Waals surface area contributed by atoms with E-state index in [4.69, 9.17) is 9.47 Å². The number of carbonyl (C=O) groups is 1. The largest absolute Gasteiger partial charge is 0.497 e. The van der Waals surface area contributed by atoms with Crippen LogP contribution in [0.4, 0.5) is 4.79 Å². The van der Waals surface area contributed by atoms with Crippen molar-refractivity contribution in [3.8, 4) is 11.5 Å². The molecule has 0 spiro atoms. The van der Waals surface area contributed by atoms with Crippen LogP contribution in [0.15, 0.2) is 36.9 Å². The lowest BCUT2D eigenvalue weighted by molar-refractivity contribution is 0.134. The first-order chi connectivity index (χ1) is 13.2. The zero-order valence-corrected chi connectivity index (χ0v) is 15.9. The van der Waals surface area contributed by atoms with Crippen LogP contribution in [0.3, 0.4) is 0 Å². The van der Waals surface area contributed by atoms with Crippen LogP contribution < -0.4 is 14.8 Å². The van der Waals surface area contributed by atoms with Gasteiger partial charge in [-0.2, -0.15) is 0 Å². The van der Waals surface area contributed by atoms with Crippen LogP contribution in [0.2, 0.25) is 0 Å². The highest BCUT2D eigenvalue weighted by atomic mass is 16.5. The molecule has 1 aliphatic rings. The molecule has 1 aromatic carbocycles. The monoisotopic (exact) mass is 373 g/mol. The molecule has 0 radical (unpaired) electrons. The average Bonchev–Trinajstić information content (AvgIpc) is 3.22. The number of nitrogens with zero attached hydrogens (tertiary/aromatic N) is 4. The summed E-state index contributed by atoms with van der Waals surface area (Å²) in [6, 6.07) is 5.83. The van der Waals surface area contributed by atoms with E-state index in [0.29, 0.717) is 19.6 Å². The number of imidazole rings is 1. The highest BCUT2D eigenvalue weighted by Crippen LogP contribution is 2.25. The minimum absolute atomic E-state index is 0.00581. The highest BCUT2D eigenvalue weighted by molar-refractivity contribution is 5.74. The number of aromatic nitrogens is 2. The summed E-state index contributed by atoms with van der Waals surface area (Å²) in [7, 11) is 3.34. The maximum absolute atomic E-state index is 12.3. The van der Waals surface area contributed by atoms with Gasteiger partial charge >= 0.3 is 6.03 Å². The van der Waals surface area contributed by atoms with Crippen LogP contribution in [0.25, 0.3) is 0 Å². The molecule has 8 heteroatoms. The van der Waals surface area contributed by atoms with Gasteiger partial charge in [-0.05, 0) is 18.2 Å². The average molecular weight is 373 g/mol. The number of hydrogen-bond acceptors (Lipinski definition) is 5. The Morgan fingerprint density at radius 2 is 2.00 bits per heavy atom. The number of hydrogen-bond donors (Lipinski definition) is 1. The van der Waals surface area contributed by atoms with Crippen molar-refractivity contribution in [1.29, 1.82) is 0 Å². The maximum atomic E-state index is 12.3. The normalized spacial score (nSPS) is 14.8. The lowest BCUT2D eigenvalue weighted by Crippen LogP contribution is -2.51. The first-order valence-corrected chi connectivity index (χ1v) is 9.11. The van der Waals surface area contributed by atoms with E-state index in [1.165, 1.54) is 0 Å². The van der Waals surface area contributed by atoms with Crippen molar-refractivity contribution in [3.63, 3.8) is 0 Å². The molecule has 0 aliphatic carbocycles. The number of nitrogens with one attached hydrogen (secondary N) is 1. The SMILES string of the molecule is COc1ccc(OC)c(CN2CCN(C(=O)NCCn3ccnc3)CC2)c1. The Labute approximate surface area is 159 Å². The Morgan fingerprint density at radius 3 is 2.67 bits per heavy atom. The lowest BCUT2D eigenvalue weighted by Gasteiger charge is -2.35. The molecule has 1 aliphatic heterocycles. The Bertz CT molecular complexity index is 727. The van der Waals surface area contributed by atoms with E-state index in [1.54, 1.807) is 26.7 Å². The second-order valence-corrected chi connectivity index (χ2v) is 6.47. The van der Waals surface area contributed by atoms with Crippen molar-refractivity contribution >= 4 is 6.03 Å². The molecule has 3 rings (SSSR count). The van der Waals surface area contributed by atoms with Gasteiger partial charge in [0.25, 0.3) is 0 Å². The van der Waals surface area contributed by atoms with Gasteiger partial charge in [-0.15, -0.1) is 0 Å². The molecule has 2 heterocycles. The van der Waals surface area contributed by atoms with Gasteiger partial charge in [-0.3, -0.25) is 4.90 Å². The standard InChI is InChI=1S/C19H27N5O3/c1-26-17-3-4-18(27-2)16(13-17)14-22-9-11-24(12-10-22)19(25)21-6-8-23-7-5-20-15-23/h3-5,7,13,15H,6,8-12,14H2,1-2H3,(H,21,25). The molecule has 1 aromatic heterocycles. The molecule has 27 heavy (non-hydrogen) atoms. The van der Waals surface area contributed by atoms with Gasteiger partial charge in [0, 0.05) is 63.8 Å². The Balaban J connectivity index is 1.45. The van der Waals surface area contributed by atoms with Crippen LogP contribution >= 0.6 is 0 Å². The predicted octanol–water partition coefficient (Wildman–Crippen LogP) is 1.43. The highest BCUT2D eigenvalue weighted by Gasteiger charge is 2.21. The molecular formula is C19H27N5O3. The Kier molecular flexibility index (Phi) is 6.54. The van der Waals surface area contributed by atoms with Gasteiger partial charge in [-0.25, -0.2) is 9.78 Å². The van der Waals surface area contributed by atoms with Crippen LogP contribution in [0, 0.1) is 0 Å². The van der Waals surface area contributed by atoms with Gasteiger partial charge in [-0.1, -0.05) is 0 Å². The molecular weight excluding hydrogens is 346 g/mol. The fourth-order valence-electron chi connectivity index (χ4n) is 3.18. The number of urea groups is 1. The maximum Gasteiger partial charge on any atom is 0.317 e. The van der Waals surface area contributed by atoms with Crippen molar-refractivity contribution in [2.45, 2.75) is 13.1 Å². The zero-order valence-electron chi connectivity index (χ0n) is 15.9. The molecule has 2 aromatic rings. The molecule has 2 amide bonds. The Morgan fingerprint density at radius 1 is 1.19 bits per heavy atom. The molecule has 1 N–H and O–H groups in total. The number of methoxy groups -OCH3 is 2. The molecule has 0 saturated carbocycles. The van der Waals surface area contributed by atoms with E-state index in [9.17, 15) is 4.79 Å². The third-order valence-electron chi connectivity index (χ3n) is 4.75. The molecule has 0 bridgehead atoms. The smallest absolute Gasteiger partial charge is 0.317 e. The first-order valence-electron chi connectivity index (χ1n) is 9.11. The van der Waals surface area contributed by atoms with Crippen molar-refractivity contribution in [3.05, 3.63) is 42.5 Å². The predicted molar refractivity (Wildman–Crippen MR) is 102 cm³/mol. The van der Waals surface area contributed by atoms with Crippen molar-refractivity contribution in [2.24, 2.45) is 0 Å². The van der Waals surface area contributed by atoms with Gasteiger partial charge in [0.05, 0.1) is 20.5 Å². The topological polar surface area (TPSA) is 71.9 Å². The van der Waals surface area contributed by atoms with E-state index >= 15 is 0 Å². The molecule has 146 valence electrons. The second-order valence-electron chi connectivity index (χ2n) is 6.47. The summed E-state index contributed by atoms with van der Waals surface area (Å²) in [5, 5.41) is 2.97. The summed E-state index contributed by atoms with van der Waals surface area (Å²) in [5.41, 5.74) is 1.09. The van der Waals surface area contributed by atoms with Crippen LogP contribution in [-0.2, 0) is 13.1 Å². The van der Waals surface area contributed by atoms with Crippen molar-refractivity contribution < 1.29 is 14.3 Å². The number of rotatable bonds is 7. The number of benzene rings is 1. The van der Waals surface area contributed by atoms with E-state index in [-0.39, 0.29) is 6.03 Å². The van der Waals surface area contributed by atoms with Gasteiger partial charge < -0.3 is 24.3 Å². The van der Waals surface area contributed by atoms with E-state index in [0.717, 1.165) is 43.2 Å². The van der Waals surface area contributed by atoms with Crippen molar-refractivity contribution in [2.75, 3.05) is 46.9 Å². The van der Waals surface area contributed by atoms with Gasteiger partial charge in [0.1, 0.15) is 11.5 Å². The summed E-state index contributed by atoms with van der Waals surface area (Å²) < 4.78 is 12.7. The lowest BCUT2D eigenvalue weighted by atomic mass is 10.1. The molecule has 1 saturated heterocycles. The summed E-state index contributed by atoms with van der Waals surface area (Å²) >= 11 is 0. The van der Waals surface area contributed by atoms with Crippen LogP contribution in [0.1, 0.15) is 5.56 Å². The fourth-order valence-corrected chi connectivity index (χ4v) is 3.18. The van der Waals surface area contributed by atoms with E-state index < -0.39 is 0 Å². The third kappa shape index (κ3) is 5.13. The summed E-state index contributed by atoms with van der Waals surface area (Å²) in [4.78, 5) is 20.5. The van der Waals surface area contributed by atoms with Crippen molar-refractivity contribution in [1.82, 2.24) is 24.7 Å². The van der Waals surface area contributed by atoms with Crippen LogP contribution in [-0.4, -0.2) is 72.3 Å². The zero-order chi connectivity index (χ0) is 19.1.